The number of cyclic esters (lactones) is 1. The van der Waals surface area contributed by atoms with Crippen LogP contribution in [0.15, 0.2) is 35.5 Å². The average molecular weight is 940 g/mol. The maximum atomic E-state index is 14.4. The molecule has 18 nitrogen and oxygen atoms in total. The van der Waals surface area contributed by atoms with Crippen molar-refractivity contribution < 1.29 is 73.1 Å². The average Bonchev–Trinajstić information content (AvgIpc) is 3.26. The molecule has 66 heavy (non-hydrogen) atoms. The lowest BCUT2D eigenvalue weighted by atomic mass is 9.73. The van der Waals surface area contributed by atoms with Crippen molar-refractivity contribution in [1.82, 2.24) is 10.2 Å². The number of carbonyl (C=O) groups excluding carboxylic acids is 2. The summed E-state index contributed by atoms with van der Waals surface area (Å²) in [6.07, 6.45) is -10.0. The standard InChI is InChI=1S/C48H81N3O15/c1-14-35-48(10,58)40(53)29(4)37(50-61-22-18-21-49-45(56)60-26-33-19-16-15-17-20-33)27(2)24-46(8,57)42(66-44-38(52)34(51(11)12)23-28(3)62-44)30(5)39(31(6)43(55)64-35)65-36-25-47(9,59-13)41(54)32(7)63-36/h15-17,19-20,27-32,34-36,38-42,44,52-54,57-58H,14,18,21-26H2,1-13H3,(H,49,56)/b50-37-/t27-,28-,29+,30+,31-,32+,34+,35?,36+,38-,39?,40-,41+,42-,44+,46-,47-,48-/m1/s1. The molecule has 0 aromatic heterocycles. The van der Waals surface area contributed by atoms with Crippen LogP contribution in [0, 0.1) is 23.7 Å². The van der Waals surface area contributed by atoms with Crippen molar-refractivity contribution in [3.8, 4) is 0 Å². The van der Waals surface area contributed by atoms with Crippen LogP contribution in [0.4, 0.5) is 4.79 Å². The molecule has 18 heteroatoms. The summed E-state index contributed by atoms with van der Waals surface area (Å²) in [5.41, 5.74) is -3.73. The number of amides is 1. The Balaban J connectivity index is 1.72. The predicted molar refractivity (Wildman–Crippen MR) is 244 cm³/mol. The molecule has 0 radical (unpaired) electrons. The monoisotopic (exact) mass is 940 g/mol. The first-order valence-corrected chi connectivity index (χ1v) is 23.5. The van der Waals surface area contributed by atoms with Crippen molar-refractivity contribution in [1.29, 1.82) is 0 Å². The molecule has 0 saturated carbocycles. The minimum absolute atomic E-state index is 0.0542. The molecule has 3 fully saturated rings. The van der Waals surface area contributed by atoms with Gasteiger partial charge in [-0.1, -0.05) is 63.2 Å². The number of alkyl carbamates (subject to hydrolysis) is 1. The summed E-state index contributed by atoms with van der Waals surface area (Å²) in [5, 5.41) is 66.9. The first-order valence-electron chi connectivity index (χ1n) is 23.5. The number of hydrogen-bond acceptors (Lipinski definition) is 17. The third kappa shape index (κ3) is 13.8. The van der Waals surface area contributed by atoms with E-state index in [4.69, 9.17) is 38.0 Å². The Morgan fingerprint density at radius 3 is 2.23 bits per heavy atom. The van der Waals surface area contributed by atoms with Crippen LogP contribution < -0.4 is 5.32 Å². The highest BCUT2D eigenvalue weighted by Crippen LogP contribution is 2.41. The van der Waals surface area contributed by atoms with Gasteiger partial charge < -0.3 is 73.7 Å². The lowest BCUT2D eigenvalue weighted by molar-refractivity contribution is -0.317. The van der Waals surface area contributed by atoms with E-state index in [0.29, 0.717) is 18.6 Å². The SMILES string of the molecule is CCC1OC(=O)[C@H](C)C(O[C@H]2C[C@@](C)(OC)[C@@H](O)[C@H](C)O2)[C@H](C)[C@@H](O[C@@H]2O[C@H](C)C[C@H](N(C)C)[C@H]2O)[C@](C)(O)C[C@@H](C)/C(=N/OCCCNC(=O)OCc2ccccc2)[C@H](C)[C@@H](O)[C@]1(C)O. The fourth-order valence-corrected chi connectivity index (χ4v) is 9.82. The number of benzene rings is 1. The van der Waals surface area contributed by atoms with E-state index in [9.17, 15) is 35.1 Å². The number of nitrogens with one attached hydrogen (secondary N) is 1. The number of nitrogens with zero attached hydrogens (tertiary/aromatic N) is 2. The molecular weight excluding hydrogens is 859 g/mol. The Hall–Kier alpha value is -3.01. The van der Waals surface area contributed by atoms with Crippen molar-refractivity contribution in [3.63, 3.8) is 0 Å². The van der Waals surface area contributed by atoms with Gasteiger partial charge in [0.05, 0.1) is 53.4 Å². The zero-order valence-corrected chi connectivity index (χ0v) is 41.4. The van der Waals surface area contributed by atoms with Crippen LogP contribution in [0.1, 0.15) is 107 Å². The second-order valence-corrected chi connectivity index (χ2v) is 19.8. The molecule has 18 atom stereocenters. The van der Waals surface area contributed by atoms with Gasteiger partial charge in [-0.15, -0.1) is 0 Å². The van der Waals surface area contributed by atoms with Crippen LogP contribution in [-0.4, -0.2) is 167 Å². The van der Waals surface area contributed by atoms with Gasteiger partial charge in [-0.2, -0.15) is 0 Å². The lowest BCUT2D eigenvalue weighted by Crippen LogP contribution is -2.61. The Morgan fingerprint density at radius 2 is 1.61 bits per heavy atom. The van der Waals surface area contributed by atoms with Gasteiger partial charge >= 0.3 is 12.1 Å². The smallest absolute Gasteiger partial charge is 0.407 e. The highest BCUT2D eigenvalue weighted by Gasteiger charge is 2.53. The normalized spacial score (nSPS) is 41.5. The highest BCUT2D eigenvalue weighted by molar-refractivity contribution is 5.88. The summed E-state index contributed by atoms with van der Waals surface area (Å²) in [6, 6.07) is 8.95. The van der Waals surface area contributed by atoms with Crippen LogP contribution in [0.2, 0.25) is 0 Å². The van der Waals surface area contributed by atoms with Gasteiger partial charge in [0, 0.05) is 50.3 Å². The van der Waals surface area contributed by atoms with E-state index in [1.165, 1.54) is 14.0 Å². The Labute approximate surface area is 391 Å². The predicted octanol–water partition coefficient (Wildman–Crippen LogP) is 3.91. The number of aliphatic hydroxyl groups is 5. The molecule has 0 spiro atoms. The molecule has 1 amide bonds. The summed E-state index contributed by atoms with van der Waals surface area (Å²) in [7, 11) is 5.20. The number of ether oxygens (including phenoxy) is 7. The van der Waals surface area contributed by atoms with E-state index in [-0.39, 0.29) is 51.2 Å². The van der Waals surface area contributed by atoms with Gasteiger partial charge in [0.15, 0.2) is 12.6 Å². The van der Waals surface area contributed by atoms with Crippen molar-refractivity contribution >= 4 is 17.8 Å². The van der Waals surface area contributed by atoms with E-state index < -0.39 is 108 Å². The fraction of sp³-hybridized carbons (Fsp3) is 0.812. The second kappa shape index (κ2) is 24.0. The molecule has 3 aliphatic heterocycles. The van der Waals surface area contributed by atoms with Gasteiger partial charge in [-0.3, -0.25) is 4.79 Å². The van der Waals surface area contributed by atoms with E-state index in [0.717, 1.165) is 5.56 Å². The van der Waals surface area contributed by atoms with E-state index in [2.05, 4.69) is 10.5 Å². The van der Waals surface area contributed by atoms with Crippen LogP contribution >= 0.6 is 0 Å². The Bertz CT molecular complexity index is 1700. The number of aliphatic hydroxyl groups excluding tert-OH is 3. The maximum absolute atomic E-state index is 14.4. The van der Waals surface area contributed by atoms with E-state index >= 15 is 0 Å². The molecule has 2 unspecified atom stereocenters. The first-order chi connectivity index (χ1) is 30.9. The van der Waals surface area contributed by atoms with Gasteiger partial charge in [-0.05, 0) is 80.5 Å². The third-order valence-corrected chi connectivity index (χ3v) is 13.9. The van der Waals surface area contributed by atoms with Gasteiger partial charge in [0.2, 0.25) is 0 Å². The second-order valence-electron chi connectivity index (χ2n) is 19.8. The molecule has 3 saturated heterocycles. The molecule has 6 N–H and O–H groups in total. The number of carbonyl (C=O) groups is 2. The van der Waals surface area contributed by atoms with Gasteiger partial charge in [-0.25, -0.2) is 4.79 Å². The van der Waals surface area contributed by atoms with Crippen LogP contribution in [0.5, 0.6) is 0 Å². The van der Waals surface area contributed by atoms with Crippen LogP contribution in [-0.2, 0) is 49.4 Å². The maximum Gasteiger partial charge on any atom is 0.407 e. The molecule has 4 rings (SSSR count). The number of hydrogen-bond donors (Lipinski definition) is 6. The van der Waals surface area contributed by atoms with Gasteiger partial charge in [0.1, 0.15) is 37.1 Å². The Kier molecular flexibility index (Phi) is 20.2. The highest BCUT2D eigenvalue weighted by atomic mass is 16.7. The fourth-order valence-electron chi connectivity index (χ4n) is 9.82. The van der Waals surface area contributed by atoms with Crippen molar-refractivity contribution in [2.75, 3.05) is 34.4 Å². The van der Waals surface area contributed by atoms with Gasteiger partial charge in [0.25, 0.3) is 0 Å². The largest absolute Gasteiger partial charge is 0.459 e. The minimum Gasteiger partial charge on any atom is -0.459 e. The molecule has 3 aliphatic rings. The van der Waals surface area contributed by atoms with Crippen LogP contribution in [0.25, 0.3) is 0 Å². The summed E-state index contributed by atoms with van der Waals surface area (Å²) >= 11 is 0. The van der Waals surface area contributed by atoms with Crippen LogP contribution in [0.3, 0.4) is 0 Å². The van der Waals surface area contributed by atoms with Crippen molar-refractivity contribution in [3.05, 3.63) is 35.9 Å². The summed E-state index contributed by atoms with van der Waals surface area (Å²) < 4.78 is 43.1. The zero-order chi connectivity index (χ0) is 49.3. The molecule has 378 valence electrons. The summed E-state index contributed by atoms with van der Waals surface area (Å²) in [5.74, 6) is -4.26. The number of rotatable bonds is 14. The number of methoxy groups -OCH3 is 1. The number of likely N-dealkylation sites (N-methyl/N-ethyl adjacent to an activating group) is 1. The van der Waals surface area contributed by atoms with E-state index in [1.54, 1.807) is 48.5 Å². The zero-order valence-electron chi connectivity index (χ0n) is 41.4. The molecular formula is C48H81N3O15. The quantitative estimate of drug-likeness (QED) is 0.0882. The molecule has 0 bridgehead atoms. The first kappa shape index (κ1) is 55.6. The minimum atomic E-state index is -2.00. The van der Waals surface area contributed by atoms with Crippen molar-refractivity contribution in [2.24, 2.45) is 28.8 Å². The third-order valence-electron chi connectivity index (χ3n) is 13.9. The number of esters is 1. The molecule has 1 aromatic rings. The lowest BCUT2D eigenvalue weighted by Gasteiger charge is -2.49. The molecule has 1 aromatic carbocycles. The van der Waals surface area contributed by atoms with Crippen molar-refractivity contribution in [2.45, 2.75) is 192 Å². The molecule has 3 heterocycles. The number of oxime groups is 1. The summed E-state index contributed by atoms with van der Waals surface area (Å²) in [4.78, 5) is 34.5. The molecule has 0 aliphatic carbocycles. The Morgan fingerprint density at radius 1 is 0.939 bits per heavy atom. The van der Waals surface area contributed by atoms with E-state index in [1.807, 2.05) is 63.2 Å². The summed E-state index contributed by atoms with van der Waals surface area (Å²) in [6.45, 7) is 17.3. The topological polar surface area (TPSA) is 237 Å².